The van der Waals surface area contributed by atoms with E-state index in [1.165, 1.54) is 0 Å². The number of carbonyl (C=O) groups is 1. The lowest BCUT2D eigenvalue weighted by atomic mass is 10.1. The van der Waals surface area contributed by atoms with Crippen molar-refractivity contribution in [1.29, 1.82) is 0 Å². The molecule has 2 N–H and O–H groups in total. The average molecular weight is 262 g/mol. The standard InChI is InChI=1S/C15H22N2O2/c1-10(12-4-8-14(19-3)9-5-12)16-11(2)15(18)17-13-6-7-13/h4-5,8-11,13,16H,6-7H2,1-3H3,(H,17,18). The van der Waals surface area contributed by atoms with Crippen LogP contribution in [0, 0.1) is 0 Å². The Balaban J connectivity index is 1.87. The molecule has 0 saturated heterocycles. The molecule has 1 fully saturated rings. The van der Waals surface area contributed by atoms with Gasteiger partial charge in [-0.1, -0.05) is 12.1 Å². The van der Waals surface area contributed by atoms with Gasteiger partial charge in [-0.05, 0) is 44.4 Å². The van der Waals surface area contributed by atoms with Gasteiger partial charge in [0.05, 0.1) is 13.2 Å². The van der Waals surface area contributed by atoms with E-state index in [4.69, 9.17) is 4.74 Å². The molecule has 2 unspecified atom stereocenters. The summed E-state index contributed by atoms with van der Waals surface area (Å²) in [6.07, 6.45) is 2.24. The third-order valence-electron chi connectivity index (χ3n) is 3.43. The Morgan fingerprint density at radius 1 is 1.26 bits per heavy atom. The van der Waals surface area contributed by atoms with Crippen LogP contribution in [-0.4, -0.2) is 25.1 Å². The topological polar surface area (TPSA) is 50.4 Å². The SMILES string of the molecule is COc1ccc(C(C)NC(C)C(=O)NC2CC2)cc1. The lowest BCUT2D eigenvalue weighted by Crippen LogP contribution is -2.43. The van der Waals surface area contributed by atoms with E-state index in [9.17, 15) is 4.79 Å². The summed E-state index contributed by atoms with van der Waals surface area (Å²) in [6, 6.07) is 8.26. The van der Waals surface area contributed by atoms with Crippen LogP contribution in [0.2, 0.25) is 0 Å². The summed E-state index contributed by atoms with van der Waals surface area (Å²) in [4.78, 5) is 11.9. The van der Waals surface area contributed by atoms with Gasteiger partial charge in [-0.3, -0.25) is 10.1 Å². The van der Waals surface area contributed by atoms with E-state index in [1.807, 2.05) is 31.2 Å². The highest BCUT2D eigenvalue weighted by atomic mass is 16.5. The van der Waals surface area contributed by atoms with Gasteiger partial charge in [-0.15, -0.1) is 0 Å². The maximum absolute atomic E-state index is 11.9. The second-order valence-corrected chi connectivity index (χ2v) is 5.17. The number of ether oxygens (including phenoxy) is 1. The summed E-state index contributed by atoms with van der Waals surface area (Å²) in [7, 11) is 1.65. The van der Waals surface area contributed by atoms with Crippen molar-refractivity contribution in [2.45, 2.75) is 44.8 Å². The van der Waals surface area contributed by atoms with Crippen molar-refractivity contribution in [2.24, 2.45) is 0 Å². The van der Waals surface area contributed by atoms with E-state index in [0.29, 0.717) is 6.04 Å². The molecule has 1 aliphatic rings. The van der Waals surface area contributed by atoms with Crippen LogP contribution < -0.4 is 15.4 Å². The number of amides is 1. The predicted molar refractivity (Wildman–Crippen MR) is 75.2 cm³/mol. The van der Waals surface area contributed by atoms with E-state index in [2.05, 4.69) is 17.6 Å². The number of hydrogen-bond donors (Lipinski definition) is 2. The van der Waals surface area contributed by atoms with Gasteiger partial charge < -0.3 is 10.1 Å². The predicted octanol–water partition coefficient (Wildman–Crippen LogP) is 2.01. The smallest absolute Gasteiger partial charge is 0.237 e. The lowest BCUT2D eigenvalue weighted by Gasteiger charge is -2.20. The monoisotopic (exact) mass is 262 g/mol. The molecule has 0 heterocycles. The minimum absolute atomic E-state index is 0.0860. The molecule has 1 aromatic rings. The van der Waals surface area contributed by atoms with E-state index >= 15 is 0 Å². The first-order valence-electron chi connectivity index (χ1n) is 6.80. The van der Waals surface area contributed by atoms with Crippen LogP contribution in [0.5, 0.6) is 5.75 Å². The van der Waals surface area contributed by atoms with Gasteiger partial charge >= 0.3 is 0 Å². The van der Waals surface area contributed by atoms with Crippen LogP contribution in [0.25, 0.3) is 0 Å². The van der Waals surface area contributed by atoms with Gasteiger partial charge in [0.25, 0.3) is 0 Å². The zero-order valence-electron chi connectivity index (χ0n) is 11.8. The molecule has 4 heteroatoms. The Labute approximate surface area is 114 Å². The molecule has 1 aromatic carbocycles. The second-order valence-electron chi connectivity index (χ2n) is 5.17. The molecular weight excluding hydrogens is 240 g/mol. The van der Waals surface area contributed by atoms with Crippen molar-refractivity contribution in [3.8, 4) is 5.75 Å². The summed E-state index contributed by atoms with van der Waals surface area (Å²) < 4.78 is 5.13. The molecule has 104 valence electrons. The first kappa shape index (κ1) is 13.9. The number of carbonyl (C=O) groups excluding carboxylic acids is 1. The van der Waals surface area contributed by atoms with Crippen molar-refractivity contribution in [1.82, 2.24) is 10.6 Å². The Morgan fingerprint density at radius 2 is 1.89 bits per heavy atom. The summed E-state index contributed by atoms with van der Waals surface area (Å²) in [5.74, 6) is 0.929. The highest BCUT2D eigenvalue weighted by Gasteiger charge is 2.26. The number of rotatable bonds is 6. The van der Waals surface area contributed by atoms with Crippen molar-refractivity contribution in [3.05, 3.63) is 29.8 Å². The normalized spacial score (nSPS) is 17.6. The van der Waals surface area contributed by atoms with Crippen molar-refractivity contribution in [3.63, 3.8) is 0 Å². The molecule has 1 amide bonds. The molecule has 2 atom stereocenters. The summed E-state index contributed by atoms with van der Waals surface area (Å²) >= 11 is 0. The van der Waals surface area contributed by atoms with Gasteiger partial charge in [0.15, 0.2) is 0 Å². The van der Waals surface area contributed by atoms with Gasteiger partial charge in [0.2, 0.25) is 5.91 Å². The van der Waals surface area contributed by atoms with Gasteiger partial charge in [-0.25, -0.2) is 0 Å². The largest absolute Gasteiger partial charge is 0.497 e. The van der Waals surface area contributed by atoms with E-state index < -0.39 is 0 Å². The van der Waals surface area contributed by atoms with E-state index in [0.717, 1.165) is 24.2 Å². The molecule has 0 bridgehead atoms. The zero-order chi connectivity index (χ0) is 13.8. The summed E-state index contributed by atoms with van der Waals surface area (Å²) in [6.45, 7) is 3.96. The number of methoxy groups -OCH3 is 1. The van der Waals surface area contributed by atoms with Crippen LogP contribution in [0.4, 0.5) is 0 Å². The Bertz CT molecular complexity index is 426. The molecule has 0 radical (unpaired) electrons. The van der Waals surface area contributed by atoms with Gasteiger partial charge in [0, 0.05) is 12.1 Å². The van der Waals surface area contributed by atoms with Gasteiger partial charge in [-0.2, -0.15) is 0 Å². The molecule has 0 aromatic heterocycles. The van der Waals surface area contributed by atoms with Crippen LogP contribution in [-0.2, 0) is 4.79 Å². The molecule has 0 spiro atoms. The molecule has 19 heavy (non-hydrogen) atoms. The number of benzene rings is 1. The molecule has 1 saturated carbocycles. The maximum Gasteiger partial charge on any atom is 0.237 e. The fraction of sp³-hybridized carbons (Fsp3) is 0.533. The van der Waals surface area contributed by atoms with Crippen molar-refractivity contribution < 1.29 is 9.53 Å². The van der Waals surface area contributed by atoms with Crippen LogP contribution in [0.1, 0.15) is 38.3 Å². The van der Waals surface area contributed by atoms with Crippen molar-refractivity contribution >= 4 is 5.91 Å². The highest BCUT2D eigenvalue weighted by Crippen LogP contribution is 2.20. The molecule has 4 nitrogen and oxygen atoms in total. The first-order valence-corrected chi connectivity index (χ1v) is 6.80. The minimum atomic E-state index is -0.183. The highest BCUT2D eigenvalue weighted by molar-refractivity contribution is 5.81. The van der Waals surface area contributed by atoms with Crippen LogP contribution in [0.15, 0.2) is 24.3 Å². The Hall–Kier alpha value is -1.55. The minimum Gasteiger partial charge on any atom is -0.497 e. The average Bonchev–Trinajstić information content (AvgIpc) is 3.22. The third-order valence-corrected chi connectivity index (χ3v) is 3.43. The number of nitrogens with one attached hydrogen (secondary N) is 2. The summed E-state index contributed by atoms with van der Waals surface area (Å²) in [5.41, 5.74) is 1.15. The van der Waals surface area contributed by atoms with Crippen LogP contribution in [0.3, 0.4) is 0 Å². The van der Waals surface area contributed by atoms with E-state index in [1.54, 1.807) is 7.11 Å². The number of hydrogen-bond acceptors (Lipinski definition) is 3. The van der Waals surface area contributed by atoms with E-state index in [-0.39, 0.29) is 18.0 Å². The Kier molecular flexibility index (Phi) is 4.43. The molecule has 2 rings (SSSR count). The molecular formula is C15H22N2O2. The summed E-state index contributed by atoms with van der Waals surface area (Å²) in [5, 5.41) is 6.32. The fourth-order valence-electron chi connectivity index (χ4n) is 1.99. The fourth-order valence-corrected chi connectivity index (χ4v) is 1.99. The zero-order valence-corrected chi connectivity index (χ0v) is 11.8. The second kappa shape index (κ2) is 6.06. The maximum atomic E-state index is 11.9. The third kappa shape index (κ3) is 3.96. The lowest BCUT2D eigenvalue weighted by molar-refractivity contribution is -0.123. The molecule has 1 aliphatic carbocycles. The van der Waals surface area contributed by atoms with Crippen molar-refractivity contribution in [2.75, 3.05) is 7.11 Å². The van der Waals surface area contributed by atoms with Gasteiger partial charge in [0.1, 0.15) is 5.75 Å². The van der Waals surface area contributed by atoms with Crippen LogP contribution >= 0.6 is 0 Å². The first-order chi connectivity index (χ1) is 9.10. The molecule has 0 aliphatic heterocycles. The quantitative estimate of drug-likeness (QED) is 0.824. The Morgan fingerprint density at radius 3 is 2.42 bits per heavy atom.